The zero-order chi connectivity index (χ0) is 38.2. The molecule has 50 heavy (non-hydrogen) atoms. The molecule has 0 aromatic carbocycles. The second-order valence-corrected chi connectivity index (χ2v) is 16.5. The van der Waals surface area contributed by atoms with Crippen molar-refractivity contribution in [3.05, 3.63) is 12.7 Å². The van der Waals surface area contributed by atoms with Gasteiger partial charge in [0, 0.05) is 26.6 Å². The Labute approximate surface area is 303 Å². The van der Waals surface area contributed by atoms with Gasteiger partial charge in [0.1, 0.15) is 18.6 Å². The van der Waals surface area contributed by atoms with Crippen LogP contribution in [-0.4, -0.2) is 103 Å². The first-order valence-electron chi connectivity index (χ1n) is 17.6. The van der Waals surface area contributed by atoms with Crippen molar-refractivity contribution < 1.29 is 33.5 Å². The van der Waals surface area contributed by atoms with Gasteiger partial charge in [-0.05, 0) is 52.7 Å². The van der Waals surface area contributed by atoms with Gasteiger partial charge in [-0.15, -0.1) is 18.9 Å². The van der Waals surface area contributed by atoms with Crippen molar-refractivity contribution in [2.45, 2.75) is 112 Å². The molecule has 1 heterocycles. The molecule has 6 N–H and O–H groups in total. The lowest BCUT2D eigenvalue weighted by Gasteiger charge is -2.37. The number of hydrogen-bond donors (Lipinski definition) is 5. The zero-order valence-corrected chi connectivity index (χ0v) is 32.5. The number of carbonyl (C=O) groups is 5. The maximum Gasteiger partial charge on any atom is 0.590 e. The summed E-state index contributed by atoms with van der Waals surface area (Å²) in [6.45, 7) is 21.5. The molecule has 1 aliphatic heterocycles. The van der Waals surface area contributed by atoms with Gasteiger partial charge < -0.3 is 31.5 Å². The summed E-state index contributed by atoms with van der Waals surface area (Å²) in [5.74, 6) is 0.211. The number of urea groups is 1. The van der Waals surface area contributed by atoms with Crippen LogP contribution in [0.2, 0.25) is 0 Å². The van der Waals surface area contributed by atoms with Crippen LogP contribution in [0, 0.1) is 35.0 Å². The summed E-state index contributed by atoms with van der Waals surface area (Å²) in [6, 6.07) is -3.71. The second kappa shape index (κ2) is 21.1. The maximum absolute atomic E-state index is 14.4. The van der Waals surface area contributed by atoms with Crippen molar-refractivity contribution in [3.63, 3.8) is 0 Å². The third-order valence-corrected chi connectivity index (χ3v) is 9.54. The van der Waals surface area contributed by atoms with E-state index in [9.17, 15) is 28.2 Å². The predicted molar refractivity (Wildman–Crippen MR) is 196 cm³/mol. The number of nitrogens with two attached hydrogens (primary N) is 1. The lowest BCUT2D eigenvalue weighted by molar-refractivity contribution is -0.657. The molecule has 5 atom stereocenters. The highest BCUT2D eigenvalue weighted by molar-refractivity contribution is 7.62. The van der Waals surface area contributed by atoms with Gasteiger partial charge in [-0.2, -0.15) is 0 Å². The summed E-state index contributed by atoms with van der Waals surface area (Å²) in [5, 5.41) is 13.3. The lowest BCUT2D eigenvalue weighted by atomic mass is 9.85. The highest BCUT2D eigenvalue weighted by Gasteiger charge is 2.46. The van der Waals surface area contributed by atoms with E-state index in [4.69, 9.17) is 6.42 Å². The molecular formula is C36H63N7O6S+2. The van der Waals surface area contributed by atoms with E-state index in [1.54, 1.807) is 11.4 Å². The molecule has 1 aliphatic rings. The summed E-state index contributed by atoms with van der Waals surface area (Å²) in [4.78, 5) is 69.1. The molecule has 1 saturated heterocycles. The van der Waals surface area contributed by atoms with Gasteiger partial charge in [0.25, 0.3) is 5.91 Å². The molecule has 0 aliphatic carbocycles. The minimum atomic E-state index is -1.09. The van der Waals surface area contributed by atoms with Gasteiger partial charge in [0.05, 0.1) is 29.4 Å². The van der Waals surface area contributed by atoms with Crippen molar-refractivity contribution in [1.29, 1.82) is 0 Å². The molecule has 1 fully saturated rings. The van der Waals surface area contributed by atoms with E-state index in [-0.39, 0.29) is 36.3 Å². The normalized spacial score (nSPS) is 18.1. The van der Waals surface area contributed by atoms with E-state index >= 15 is 0 Å². The van der Waals surface area contributed by atoms with Crippen molar-refractivity contribution in [3.8, 4) is 12.3 Å². The Bertz CT molecular complexity index is 1220. The number of hydrogen-bond acceptors (Lipinski definition) is 6. The number of amides is 5. The summed E-state index contributed by atoms with van der Waals surface area (Å²) >= 11 is 0.420. The molecule has 0 aromatic rings. The summed E-state index contributed by atoms with van der Waals surface area (Å²) in [5.41, 5.74) is -1.01. The molecule has 13 nitrogen and oxygen atoms in total. The Hall–Kier alpha value is -3.41. The van der Waals surface area contributed by atoms with Gasteiger partial charge in [0.15, 0.2) is 0 Å². The average molecular weight is 722 g/mol. The van der Waals surface area contributed by atoms with Crippen LogP contribution in [-0.2, 0) is 35.2 Å². The van der Waals surface area contributed by atoms with Crippen LogP contribution in [0.5, 0.6) is 0 Å². The molecule has 2 unspecified atom stereocenters. The second-order valence-electron chi connectivity index (χ2n) is 15.7. The van der Waals surface area contributed by atoms with Crippen molar-refractivity contribution in [2.75, 3.05) is 39.8 Å². The fourth-order valence-corrected chi connectivity index (χ4v) is 5.92. The number of carbonyl (C=O) groups excluding carboxylic acids is 5. The molecule has 0 aromatic heterocycles. The van der Waals surface area contributed by atoms with Crippen LogP contribution in [0.25, 0.3) is 0 Å². The molecule has 14 heteroatoms. The van der Waals surface area contributed by atoms with E-state index in [0.717, 1.165) is 0 Å². The minimum Gasteiger partial charge on any atom is -0.346 e. The topological polar surface area (TPSA) is 174 Å². The van der Waals surface area contributed by atoms with Crippen LogP contribution in [0.15, 0.2) is 12.7 Å². The standard InChI is InChI=1S/C36H61N7O6S/c1-12-14-15-16-17-26(29(44)32(46)38-18-13-2)39-31(45)27-21-25(24(3)4)23-43(27)33(47)30(36(8,9)10)41-34(48)40-28(35(5,6)7)22-37-19-20-42(11)50-49/h1,13,24-28,30,37H,2,14-23H2,3-11H3,(H3-,38,39,40,41,45,46,48)/p+2/t25?,26?,27-,28+,30+/m0/s1. The Morgan fingerprint density at radius 3 is 2.26 bits per heavy atom. The fourth-order valence-electron chi connectivity index (χ4n) is 5.74. The lowest BCUT2D eigenvalue weighted by Crippen LogP contribution is -2.89. The number of quaternary nitrogens is 1. The van der Waals surface area contributed by atoms with E-state index in [0.29, 0.717) is 63.7 Å². The number of unbranched alkanes of at least 4 members (excludes halogenated alkanes) is 2. The highest BCUT2D eigenvalue weighted by atomic mass is 32.2. The first-order valence-corrected chi connectivity index (χ1v) is 18.3. The number of likely N-dealkylation sites (N-methyl/N-ethyl adjacent to an activating group) is 1. The SMILES string of the molecule is C#CCCCCC(NC(=O)[C@@H]1CC(C(C)C)CN1C(=O)[C@@H](NC(=O)N[C@H](C[NH2+]CCN(C)[S+]=O)C(C)(C)C)C(C)(C)C)C(=O)C(=O)NCC=C. The largest absolute Gasteiger partial charge is 0.590 e. The van der Waals surface area contributed by atoms with Crippen LogP contribution in [0.4, 0.5) is 4.79 Å². The van der Waals surface area contributed by atoms with E-state index in [2.05, 4.69) is 33.8 Å². The van der Waals surface area contributed by atoms with Gasteiger partial charge in [-0.3, -0.25) is 19.2 Å². The Morgan fingerprint density at radius 1 is 1.06 bits per heavy atom. The number of likely N-dealkylation sites (tertiary alicyclic amines) is 1. The number of rotatable bonds is 20. The monoisotopic (exact) mass is 721 g/mol. The molecule has 0 radical (unpaired) electrons. The van der Waals surface area contributed by atoms with E-state index < -0.39 is 53.1 Å². The third-order valence-electron chi connectivity index (χ3n) is 9.11. The van der Waals surface area contributed by atoms with E-state index in [1.165, 1.54) is 11.0 Å². The van der Waals surface area contributed by atoms with Gasteiger partial charge in [0.2, 0.25) is 17.6 Å². The first kappa shape index (κ1) is 44.6. The molecule has 1 rings (SSSR count). The molecule has 0 spiro atoms. The van der Waals surface area contributed by atoms with Crippen LogP contribution < -0.4 is 26.6 Å². The molecular weight excluding hydrogens is 659 g/mol. The Balaban J connectivity index is 3.26. The number of nitrogens with one attached hydrogen (secondary N) is 4. The van der Waals surface area contributed by atoms with Crippen molar-refractivity contribution >= 4 is 41.4 Å². The molecule has 5 amide bonds. The molecule has 0 bridgehead atoms. The highest BCUT2D eigenvalue weighted by Crippen LogP contribution is 2.32. The third kappa shape index (κ3) is 14.8. The number of ketones is 1. The number of terminal acetylenes is 1. The van der Waals surface area contributed by atoms with Gasteiger partial charge in [-0.1, -0.05) is 61.5 Å². The van der Waals surface area contributed by atoms with Gasteiger partial charge in [-0.25, -0.2) is 4.79 Å². The number of Topliss-reactive ketones (excluding diaryl/α,β-unsaturated/α-hetero) is 1. The average Bonchev–Trinajstić information content (AvgIpc) is 3.49. The summed E-state index contributed by atoms with van der Waals surface area (Å²) < 4.78 is 12.6. The maximum atomic E-state index is 14.4. The predicted octanol–water partition coefficient (Wildman–Crippen LogP) is 1.38. The molecule has 282 valence electrons. The minimum absolute atomic E-state index is 0.00434. The summed E-state index contributed by atoms with van der Waals surface area (Å²) in [7, 11) is 1.73. The Morgan fingerprint density at radius 2 is 1.72 bits per heavy atom. The van der Waals surface area contributed by atoms with Crippen LogP contribution >= 0.6 is 0 Å². The fraction of sp³-hybridized carbons (Fsp3) is 0.750. The van der Waals surface area contributed by atoms with E-state index in [1.807, 2.05) is 60.7 Å². The van der Waals surface area contributed by atoms with Crippen molar-refractivity contribution in [2.24, 2.45) is 22.7 Å². The van der Waals surface area contributed by atoms with Crippen LogP contribution in [0.1, 0.15) is 87.5 Å². The Kier molecular flexibility index (Phi) is 18.8. The zero-order valence-electron chi connectivity index (χ0n) is 31.7. The van der Waals surface area contributed by atoms with Crippen LogP contribution in [0.3, 0.4) is 0 Å². The first-order chi connectivity index (χ1) is 23.3. The summed E-state index contributed by atoms with van der Waals surface area (Å²) in [6.07, 6.45) is 9.08. The number of nitrogens with zero attached hydrogens (tertiary/aromatic N) is 2. The smallest absolute Gasteiger partial charge is 0.346 e. The van der Waals surface area contributed by atoms with Gasteiger partial charge >= 0.3 is 17.9 Å². The quantitative estimate of drug-likeness (QED) is 0.0317. The van der Waals surface area contributed by atoms with Crippen molar-refractivity contribution in [1.82, 2.24) is 30.5 Å². The molecule has 0 saturated carbocycles.